The monoisotopic (exact) mass is 276 g/mol. The van der Waals surface area contributed by atoms with Gasteiger partial charge in [0.2, 0.25) is 0 Å². The van der Waals surface area contributed by atoms with Crippen molar-refractivity contribution in [1.29, 1.82) is 0 Å². The number of carboxylic acids is 1. The molecule has 0 aliphatic rings. The standard InChI is InChI=1S/C18H12O3/c1-2-7-21-17-11-15-9-13-6-4-3-5-12(13)8-14(15)10-16(17)18(19)20/h3-11H,1H2,(H,19,20). The third kappa shape index (κ3) is 2.38. The van der Waals surface area contributed by atoms with Crippen LogP contribution in [0.5, 0.6) is 5.75 Å². The van der Waals surface area contributed by atoms with Crippen LogP contribution in [0.15, 0.2) is 67.1 Å². The lowest BCUT2D eigenvalue weighted by Gasteiger charge is -2.08. The minimum absolute atomic E-state index is 0.115. The van der Waals surface area contributed by atoms with Crippen molar-refractivity contribution in [2.75, 3.05) is 0 Å². The van der Waals surface area contributed by atoms with Crippen LogP contribution in [0.3, 0.4) is 0 Å². The van der Waals surface area contributed by atoms with Crippen LogP contribution in [0.25, 0.3) is 21.5 Å². The Bertz CT molecular complexity index is 903. The normalized spacial score (nSPS) is 10.3. The maximum absolute atomic E-state index is 11.4. The van der Waals surface area contributed by atoms with E-state index in [1.165, 1.54) is 6.26 Å². The molecule has 102 valence electrons. The number of hydrogen-bond donors (Lipinski definition) is 1. The number of ether oxygens (including phenoxy) is 1. The van der Waals surface area contributed by atoms with Crippen LogP contribution in [0.1, 0.15) is 10.4 Å². The molecule has 0 radical (unpaired) electrons. The molecule has 0 unspecified atom stereocenters. The number of carbonyl (C=O) groups is 1. The van der Waals surface area contributed by atoms with Crippen molar-refractivity contribution in [2.45, 2.75) is 0 Å². The average molecular weight is 276 g/mol. The SMILES string of the molecule is C=C=COc1cc2cc3ccccc3cc2cc1C(=O)O. The van der Waals surface area contributed by atoms with Gasteiger partial charge in [0.05, 0.1) is 0 Å². The van der Waals surface area contributed by atoms with Gasteiger partial charge >= 0.3 is 5.97 Å². The molecule has 1 N–H and O–H groups in total. The molecule has 3 aromatic rings. The zero-order chi connectivity index (χ0) is 14.8. The molecule has 3 heteroatoms. The fraction of sp³-hybridized carbons (Fsp3) is 0. The number of carboxylic acid groups (broad SMARTS) is 1. The number of benzene rings is 3. The van der Waals surface area contributed by atoms with E-state index in [-0.39, 0.29) is 11.3 Å². The van der Waals surface area contributed by atoms with E-state index in [4.69, 9.17) is 4.74 Å². The largest absolute Gasteiger partial charge is 0.478 e. The van der Waals surface area contributed by atoms with E-state index in [9.17, 15) is 9.90 Å². The highest BCUT2D eigenvalue weighted by atomic mass is 16.5. The highest BCUT2D eigenvalue weighted by molar-refractivity contribution is 6.03. The van der Waals surface area contributed by atoms with Gasteiger partial charge in [-0.25, -0.2) is 4.79 Å². The first-order valence-corrected chi connectivity index (χ1v) is 6.40. The van der Waals surface area contributed by atoms with Gasteiger partial charge in [0.15, 0.2) is 0 Å². The topological polar surface area (TPSA) is 46.5 Å². The summed E-state index contributed by atoms with van der Waals surface area (Å²) in [6.45, 7) is 3.40. The van der Waals surface area contributed by atoms with Gasteiger partial charge in [-0.1, -0.05) is 36.6 Å². The Labute approximate surface area is 121 Å². The molecule has 0 spiro atoms. The second-order valence-electron chi connectivity index (χ2n) is 4.64. The lowest BCUT2D eigenvalue weighted by atomic mass is 10.0. The van der Waals surface area contributed by atoms with Gasteiger partial charge in [-0.05, 0) is 45.8 Å². The van der Waals surface area contributed by atoms with E-state index in [0.717, 1.165) is 21.5 Å². The Hall–Kier alpha value is -3.03. The minimum Gasteiger partial charge on any atom is -0.478 e. The minimum atomic E-state index is -1.03. The summed E-state index contributed by atoms with van der Waals surface area (Å²) in [6.07, 6.45) is 1.24. The van der Waals surface area contributed by atoms with Gasteiger partial charge in [-0.15, -0.1) is 0 Å². The van der Waals surface area contributed by atoms with Gasteiger partial charge in [0.1, 0.15) is 17.6 Å². The third-order valence-electron chi connectivity index (χ3n) is 3.30. The molecule has 0 saturated carbocycles. The molecule has 3 rings (SSSR count). The number of fused-ring (bicyclic) bond motifs is 2. The lowest BCUT2D eigenvalue weighted by Crippen LogP contribution is -2.00. The second kappa shape index (κ2) is 5.16. The predicted octanol–water partition coefficient (Wildman–Crippen LogP) is 4.37. The van der Waals surface area contributed by atoms with Crippen LogP contribution in [0.4, 0.5) is 0 Å². The van der Waals surface area contributed by atoms with Gasteiger partial charge < -0.3 is 9.84 Å². The third-order valence-corrected chi connectivity index (χ3v) is 3.30. The van der Waals surface area contributed by atoms with Crippen molar-refractivity contribution < 1.29 is 14.6 Å². The second-order valence-corrected chi connectivity index (χ2v) is 4.64. The molecule has 21 heavy (non-hydrogen) atoms. The van der Waals surface area contributed by atoms with Crippen molar-refractivity contribution in [2.24, 2.45) is 0 Å². The van der Waals surface area contributed by atoms with E-state index < -0.39 is 5.97 Å². The quantitative estimate of drug-likeness (QED) is 0.439. The summed E-state index contributed by atoms with van der Waals surface area (Å²) in [7, 11) is 0. The molecule has 0 bridgehead atoms. The molecule has 0 atom stereocenters. The summed E-state index contributed by atoms with van der Waals surface area (Å²) in [5.41, 5.74) is 2.58. The zero-order valence-corrected chi connectivity index (χ0v) is 11.2. The van der Waals surface area contributed by atoms with Crippen molar-refractivity contribution in [3.8, 4) is 5.75 Å². The first-order valence-electron chi connectivity index (χ1n) is 6.40. The highest BCUT2D eigenvalue weighted by Crippen LogP contribution is 2.29. The highest BCUT2D eigenvalue weighted by Gasteiger charge is 2.13. The van der Waals surface area contributed by atoms with Crippen molar-refractivity contribution in [3.63, 3.8) is 0 Å². The van der Waals surface area contributed by atoms with E-state index >= 15 is 0 Å². The van der Waals surface area contributed by atoms with E-state index in [1.807, 2.05) is 36.4 Å². The molecule has 0 aliphatic heterocycles. The van der Waals surface area contributed by atoms with Crippen molar-refractivity contribution in [3.05, 3.63) is 72.7 Å². The summed E-state index contributed by atoms with van der Waals surface area (Å²) >= 11 is 0. The average Bonchev–Trinajstić information content (AvgIpc) is 2.49. The van der Waals surface area contributed by atoms with Crippen LogP contribution in [-0.4, -0.2) is 11.1 Å². The Kier molecular flexibility index (Phi) is 3.19. The predicted molar refractivity (Wildman–Crippen MR) is 82.8 cm³/mol. The first kappa shape index (κ1) is 13.0. The fourth-order valence-corrected chi connectivity index (χ4v) is 2.34. The zero-order valence-electron chi connectivity index (χ0n) is 11.2. The van der Waals surface area contributed by atoms with Crippen LogP contribution in [0.2, 0.25) is 0 Å². The Balaban J connectivity index is 2.31. The van der Waals surface area contributed by atoms with Gasteiger partial charge in [-0.3, -0.25) is 0 Å². The van der Waals surface area contributed by atoms with E-state index in [2.05, 4.69) is 12.3 Å². The molecule has 3 aromatic carbocycles. The Morgan fingerprint density at radius 2 is 1.67 bits per heavy atom. The summed E-state index contributed by atoms with van der Waals surface area (Å²) in [4.78, 5) is 11.4. The van der Waals surface area contributed by atoms with Crippen molar-refractivity contribution >= 4 is 27.5 Å². The molecule has 0 amide bonds. The van der Waals surface area contributed by atoms with Crippen LogP contribution in [-0.2, 0) is 0 Å². The van der Waals surface area contributed by atoms with Crippen LogP contribution >= 0.6 is 0 Å². The number of aromatic carboxylic acids is 1. The summed E-state index contributed by atoms with van der Waals surface area (Å²) < 4.78 is 5.29. The molecule has 0 aromatic heterocycles. The number of hydrogen-bond acceptors (Lipinski definition) is 2. The molecule has 3 nitrogen and oxygen atoms in total. The molecule has 0 aliphatic carbocycles. The van der Waals surface area contributed by atoms with Crippen LogP contribution < -0.4 is 4.74 Å². The molecule has 0 heterocycles. The smallest absolute Gasteiger partial charge is 0.339 e. The summed E-state index contributed by atoms with van der Waals surface area (Å²) in [5, 5.41) is 13.3. The van der Waals surface area contributed by atoms with E-state index in [1.54, 1.807) is 12.1 Å². The fourth-order valence-electron chi connectivity index (χ4n) is 2.34. The Morgan fingerprint density at radius 3 is 2.24 bits per heavy atom. The lowest BCUT2D eigenvalue weighted by molar-refractivity contribution is 0.0694. The molecular formula is C18H12O3. The molecule has 0 saturated heterocycles. The molecule has 0 fully saturated rings. The summed E-state index contributed by atoms with van der Waals surface area (Å²) in [5.74, 6) is -0.751. The maximum atomic E-state index is 11.4. The van der Waals surface area contributed by atoms with Gasteiger partial charge in [0.25, 0.3) is 0 Å². The molecular weight excluding hydrogens is 264 g/mol. The Morgan fingerprint density at radius 1 is 1.05 bits per heavy atom. The van der Waals surface area contributed by atoms with E-state index in [0.29, 0.717) is 0 Å². The first-order chi connectivity index (χ1) is 10.2. The van der Waals surface area contributed by atoms with Crippen molar-refractivity contribution in [1.82, 2.24) is 0 Å². The summed E-state index contributed by atoms with van der Waals surface area (Å²) in [6, 6.07) is 15.3. The maximum Gasteiger partial charge on any atom is 0.339 e. The number of rotatable bonds is 3. The van der Waals surface area contributed by atoms with Gasteiger partial charge in [0, 0.05) is 0 Å². The van der Waals surface area contributed by atoms with Crippen LogP contribution in [0, 0.1) is 0 Å². The van der Waals surface area contributed by atoms with Gasteiger partial charge in [-0.2, -0.15) is 0 Å².